The predicted octanol–water partition coefficient (Wildman–Crippen LogP) is 5.47. The van der Waals surface area contributed by atoms with Crippen molar-refractivity contribution in [2.75, 3.05) is 6.61 Å². The molecule has 3 aromatic rings. The highest BCUT2D eigenvalue weighted by Crippen LogP contribution is 2.30. The fourth-order valence-corrected chi connectivity index (χ4v) is 6.35. The first-order valence-corrected chi connectivity index (χ1v) is 16.3. The number of rotatable bonds is 13. The summed E-state index contributed by atoms with van der Waals surface area (Å²) in [6, 6.07) is 20.2. The average molecular weight is 661 g/mol. The summed E-state index contributed by atoms with van der Waals surface area (Å²) in [6.07, 6.45) is -3.47. The number of carbonyl (C=O) groups is 3. The highest BCUT2D eigenvalue weighted by Gasteiger charge is 2.33. The van der Waals surface area contributed by atoms with Crippen LogP contribution in [-0.4, -0.2) is 38.9 Å². The smallest absolute Gasteiger partial charge is 0.416 e. The van der Waals surface area contributed by atoms with E-state index in [1.807, 2.05) is 36.4 Å². The molecule has 0 aromatic heterocycles. The molecule has 0 spiro atoms. The van der Waals surface area contributed by atoms with Gasteiger partial charge in [0.25, 0.3) is 0 Å². The van der Waals surface area contributed by atoms with E-state index in [1.165, 1.54) is 0 Å². The Hall–Kier alpha value is -4.23. The van der Waals surface area contributed by atoms with Gasteiger partial charge in [0.1, 0.15) is 13.2 Å². The lowest BCUT2D eigenvalue weighted by Gasteiger charge is -2.29. The van der Waals surface area contributed by atoms with Crippen LogP contribution in [-0.2, 0) is 46.7 Å². The first-order chi connectivity index (χ1) is 21.9. The van der Waals surface area contributed by atoms with Crippen molar-refractivity contribution in [3.05, 3.63) is 102 Å². The van der Waals surface area contributed by atoms with Crippen molar-refractivity contribution in [3.63, 3.8) is 0 Å². The van der Waals surface area contributed by atoms with Gasteiger partial charge in [0, 0.05) is 12.0 Å². The molecule has 13 heteroatoms. The van der Waals surface area contributed by atoms with Gasteiger partial charge in [0.2, 0.25) is 15.9 Å². The summed E-state index contributed by atoms with van der Waals surface area (Å²) in [5.74, 6) is -1.86. The molecule has 0 heterocycles. The molecule has 2 N–H and O–H groups in total. The number of esters is 2. The molecule has 0 aliphatic heterocycles. The molecule has 9 nitrogen and oxygen atoms in total. The van der Waals surface area contributed by atoms with Crippen LogP contribution < -0.4 is 10.0 Å². The second kappa shape index (κ2) is 15.9. The third kappa shape index (κ3) is 10.4. The number of carbonyl (C=O) groups excluding carboxylic acids is 3. The van der Waals surface area contributed by atoms with Crippen LogP contribution >= 0.6 is 0 Å². The van der Waals surface area contributed by atoms with Gasteiger partial charge in [-0.3, -0.25) is 14.4 Å². The Balaban J connectivity index is 1.25. The fraction of sp³-hybridized carbons (Fsp3) is 0.364. The highest BCUT2D eigenvalue weighted by molar-refractivity contribution is 7.89. The van der Waals surface area contributed by atoms with E-state index < -0.39 is 51.7 Å². The molecule has 1 aliphatic rings. The lowest BCUT2D eigenvalue weighted by molar-refractivity contribution is -0.151. The summed E-state index contributed by atoms with van der Waals surface area (Å²) in [5.41, 5.74) is 0.595. The van der Waals surface area contributed by atoms with Gasteiger partial charge in [-0.15, -0.1) is 0 Å². The van der Waals surface area contributed by atoms with E-state index in [9.17, 15) is 36.0 Å². The van der Waals surface area contributed by atoms with Crippen LogP contribution in [0.2, 0.25) is 0 Å². The first kappa shape index (κ1) is 34.6. The number of sulfonamides is 1. The molecule has 0 saturated heterocycles. The number of hydrogen-bond acceptors (Lipinski definition) is 7. The number of halogens is 3. The van der Waals surface area contributed by atoms with E-state index in [-0.39, 0.29) is 36.9 Å². The van der Waals surface area contributed by atoms with Gasteiger partial charge in [-0.05, 0) is 61.1 Å². The summed E-state index contributed by atoms with van der Waals surface area (Å²) in [6.45, 7) is -0.0559. The first-order valence-electron chi connectivity index (χ1n) is 14.8. The average Bonchev–Trinajstić information content (AvgIpc) is 3.05. The maximum Gasteiger partial charge on any atom is 0.416 e. The molecule has 3 aromatic carbocycles. The molecule has 1 atom stereocenters. The van der Waals surface area contributed by atoms with Gasteiger partial charge in [-0.25, -0.2) is 13.1 Å². The number of benzene rings is 3. The molecule has 0 radical (unpaired) electrons. The van der Waals surface area contributed by atoms with Gasteiger partial charge in [-0.1, -0.05) is 60.7 Å². The standard InChI is InChI=1S/C33H35F3N2O7S/c34-33(35,36)26-13-17-28(18-14-26)46(42,43)38-27-15-11-25(12-16-27)32(41)37-29(24-9-5-2-6-10-24)22-45-31(40)20-19-30(39)44-21-23-7-3-1-4-8-23/h1-10,13-14,17-18,25,27,29,38H,11-12,15-16,19-22H2,(H,37,41)/t25?,27?,29-/m1/s1. The third-order valence-corrected chi connectivity index (χ3v) is 9.15. The molecular formula is C33H35F3N2O7S. The Morgan fingerprint density at radius 2 is 1.35 bits per heavy atom. The van der Waals surface area contributed by atoms with E-state index in [0.29, 0.717) is 31.2 Å². The molecule has 4 rings (SSSR count). The van der Waals surface area contributed by atoms with Crippen molar-refractivity contribution >= 4 is 27.9 Å². The maximum absolute atomic E-state index is 13.2. The van der Waals surface area contributed by atoms with E-state index in [2.05, 4.69) is 10.0 Å². The second-order valence-corrected chi connectivity index (χ2v) is 12.7. The lowest BCUT2D eigenvalue weighted by Crippen LogP contribution is -2.42. The Bertz CT molecular complexity index is 1560. The predicted molar refractivity (Wildman–Crippen MR) is 161 cm³/mol. The van der Waals surface area contributed by atoms with E-state index >= 15 is 0 Å². The largest absolute Gasteiger partial charge is 0.463 e. The minimum absolute atomic E-state index is 0.101. The van der Waals surface area contributed by atoms with Crippen LogP contribution in [0.4, 0.5) is 13.2 Å². The van der Waals surface area contributed by atoms with Gasteiger partial charge < -0.3 is 14.8 Å². The third-order valence-electron chi connectivity index (χ3n) is 7.62. The van der Waals surface area contributed by atoms with Gasteiger partial charge >= 0.3 is 18.1 Å². The molecule has 1 aliphatic carbocycles. The topological polar surface area (TPSA) is 128 Å². The van der Waals surface area contributed by atoms with Crippen LogP contribution in [0.3, 0.4) is 0 Å². The number of nitrogens with one attached hydrogen (secondary N) is 2. The molecule has 1 fully saturated rings. The summed E-state index contributed by atoms with van der Waals surface area (Å²) in [4.78, 5) is 37.4. The van der Waals surface area contributed by atoms with Crippen molar-refractivity contribution in [1.29, 1.82) is 0 Å². The van der Waals surface area contributed by atoms with Gasteiger partial charge in [0.05, 0.1) is 29.3 Å². The monoisotopic (exact) mass is 660 g/mol. The number of hydrogen-bond donors (Lipinski definition) is 2. The van der Waals surface area contributed by atoms with Gasteiger partial charge in [0.15, 0.2) is 0 Å². The van der Waals surface area contributed by atoms with Crippen molar-refractivity contribution in [1.82, 2.24) is 10.0 Å². The van der Waals surface area contributed by atoms with E-state index in [1.54, 1.807) is 24.3 Å². The molecule has 246 valence electrons. The zero-order valence-electron chi connectivity index (χ0n) is 24.9. The van der Waals surface area contributed by atoms with Crippen molar-refractivity contribution in [3.8, 4) is 0 Å². The Kier molecular flexibility index (Phi) is 11.9. The molecular weight excluding hydrogens is 625 g/mol. The molecule has 1 saturated carbocycles. The number of alkyl halides is 3. The zero-order valence-corrected chi connectivity index (χ0v) is 25.7. The minimum atomic E-state index is -4.57. The summed E-state index contributed by atoms with van der Waals surface area (Å²) >= 11 is 0. The van der Waals surface area contributed by atoms with Crippen molar-refractivity contribution < 1.29 is 45.4 Å². The fourth-order valence-electron chi connectivity index (χ4n) is 5.04. The van der Waals surface area contributed by atoms with Crippen LogP contribution in [0.15, 0.2) is 89.8 Å². The lowest BCUT2D eigenvalue weighted by atomic mass is 9.85. The summed E-state index contributed by atoms with van der Waals surface area (Å²) < 4.78 is 77.1. The van der Waals surface area contributed by atoms with Crippen molar-refractivity contribution in [2.45, 2.75) is 68.3 Å². The molecule has 46 heavy (non-hydrogen) atoms. The maximum atomic E-state index is 13.2. The van der Waals surface area contributed by atoms with Crippen LogP contribution in [0.25, 0.3) is 0 Å². The summed E-state index contributed by atoms with van der Waals surface area (Å²) in [5, 5.41) is 2.93. The second-order valence-electron chi connectivity index (χ2n) is 11.0. The van der Waals surface area contributed by atoms with Crippen LogP contribution in [0.5, 0.6) is 0 Å². The highest BCUT2D eigenvalue weighted by atomic mass is 32.2. The molecule has 0 bridgehead atoms. The van der Waals surface area contributed by atoms with Crippen LogP contribution in [0, 0.1) is 5.92 Å². The molecule has 1 amide bonds. The Morgan fingerprint density at radius 3 is 1.93 bits per heavy atom. The SMILES string of the molecule is O=C(CCC(=O)OC[C@@H](NC(=O)C1CCC(NS(=O)(=O)c2ccc(C(F)(F)F)cc2)CC1)c1ccccc1)OCc1ccccc1. The summed E-state index contributed by atoms with van der Waals surface area (Å²) in [7, 11) is -4.05. The molecule has 0 unspecified atom stereocenters. The minimum Gasteiger partial charge on any atom is -0.463 e. The number of ether oxygens (including phenoxy) is 2. The van der Waals surface area contributed by atoms with Crippen molar-refractivity contribution in [2.24, 2.45) is 5.92 Å². The Labute approximate surface area is 265 Å². The van der Waals surface area contributed by atoms with E-state index in [0.717, 1.165) is 29.8 Å². The van der Waals surface area contributed by atoms with Gasteiger partial charge in [-0.2, -0.15) is 13.2 Å². The van der Waals surface area contributed by atoms with Crippen LogP contribution in [0.1, 0.15) is 61.3 Å². The Morgan fingerprint density at radius 1 is 0.783 bits per heavy atom. The normalized spacial score (nSPS) is 17.5. The number of amides is 1. The van der Waals surface area contributed by atoms with E-state index in [4.69, 9.17) is 9.47 Å². The zero-order chi connectivity index (χ0) is 33.2. The quantitative estimate of drug-likeness (QED) is 0.233.